The predicted molar refractivity (Wildman–Crippen MR) is 103 cm³/mol. The molecular formula is C21H16ClF2NO3. The number of methoxy groups -OCH3 is 1. The van der Waals surface area contributed by atoms with Crippen LogP contribution < -0.4 is 14.8 Å². The Morgan fingerprint density at radius 2 is 1.82 bits per heavy atom. The van der Waals surface area contributed by atoms with Gasteiger partial charge in [0.05, 0.1) is 17.8 Å². The summed E-state index contributed by atoms with van der Waals surface area (Å²) in [6, 6.07) is 14.7. The summed E-state index contributed by atoms with van der Waals surface area (Å²) in [5.74, 6) is -1.11. The molecule has 3 aromatic carbocycles. The second-order valence-corrected chi connectivity index (χ2v) is 6.23. The van der Waals surface area contributed by atoms with Crippen LogP contribution in [0.4, 0.5) is 14.5 Å². The van der Waals surface area contributed by atoms with E-state index >= 15 is 0 Å². The molecule has 0 atom stereocenters. The molecule has 3 rings (SSSR count). The quantitative estimate of drug-likeness (QED) is 0.594. The number of amides is 1. The first-order valence-electron chi connectivity index (χ1n) is 8.28. The highest BCUT2D eigenvalue weighted by Gasteiger charge is 2.14. The van der Waals surface area contributed by atoms with Crippen molar-refractivity contribution in [2.45, 2.75) is 6.61 Å². The average molecular weight is 404 g/mol. The monoisotopic (exact) mass is 403 g/mol. The molecule has 0 unspecified atom stereocenters. The predicted octanol–water partition coefficient (Wildman–Crippen LogP) is 5.46. The van der Waals surface area contributed by atoms with Gasteiger partial charge in [0, 0.05) is 17.2 Å². The fraction of sp³-hybridized carbons (Fsp3) is 0.0952. The van der Waals surface area contributed by atoms with Crippen LogP contribution in [0.15, 0.2) is 60.7 Å². The molecule has 0 spiro atoms. The second-order valence-electron chi connectivity index (χ2n) is 5.82. The van der Waals surface area contributed by atoms with Crippen LogP contribution in [-0.2, 0) is 6.61 Å². The molecule has 0 fully saturated rings. The molecule has 0 aliphatic rings. The van der Waals surface area contributed by atoms with Gasteiger partial charge in [-0.2, -0.15) is 0 Å². The first kappa shape index (κ1) is 19.6. The SMILES string of the molecule is COc1ccc(C(=O)Nc2ccc(F)cc2F)cc1COc1ccccc1Cl. The summed E-state index contributed by atoms with van der Waals surface area (Å²) in [5.41, 5.74) is 0.757. The number of rotatable bonds is 6. The maximum absolute atomic E-state index is 13.8. The van der Waals surface area contributed by atoms with Gasteiger partial charge < -0.3 is 14.8 Å². The van der Waals surface area contributed by atoms with Gasteiger partial charge in [-0.1, -0.05) is 23.7 Å². The van der Waals surface area contributed by atoms with E-state index in [2.05, 4.69) is 5.32 Å². The first-order chi connectivity index (χ1) is 13.5. The zero-order valence-corrected chi connectivity index (χ0v) is 15.6. The molecule has 1 N–H and O–H groups in total. The van der Waals surface area contributed by atoms with Crippen molar-refractivity contribution in [2.75, 3.05) is 12.4 Å². The average Bonchev–Trinajstić information content (AvgIpc) is 2.69. The van der Waals surface area contributed by atoms with Crippen LogP contribution in [-0.4, -0.2) is 13.0 Å². The van der Waals surface area contributed by atoms with Crippen LogP contribution in [0, 0.1) is 11.6 Å². The topological polar surface area (TPSA) is 47.6 Å². The smallest absolute Gasteiger partial charge is 0.255 e. The van der Waals surface area contributed by atoms with E-state index in [1.54, 1.807) is 36.4 Å². The maximum atomic E-state index is 13.8. The second kappa shape index (κ2) is 8.71. The summed E-state index contributed by atoms with van der Waals surface area (Å²) in [4.78, 5) is 12.5. The highest BCUT2D eigenvalue weighted by atomic mass is 35.5. The molecule has 7 heteroatoms. The molecule has 0 saturated heterocycles. The lowest BCUT2D eigenvalue weighted by Crippen LogP contribution is -2.14. The van der Waals surface area contributed by atoms with E-state index in [9.17, 15) is 13.6 Å². The van der Waals surface area contributed by atoms with Crippen LogP contribution in [0.25, 0.3) is 0 Å². The molecule has 0 bridgehead atoms. The molecule has 0 aromatic heterocycles. The van der Waals surface area contributed by atoms with Gasteiger partial charge >= 0.3 is 0 Å². The minimum Gasteiger partial charge on any atom is -0.496 e. The van der Waals surface area contributed by atoms with Gasteiger partial charge in [0.25, 0.3) is 5.91 Å². The molecule has 0 aliphatic carbocycles. The number of anilines is 1. The third kappa shape index (κ3) is 4.58. The Kier molecular flexibility index (Phi) is 6.11. The molecule has 28 heavy (non-hydrogen) atoms. The van der Waals surface area contributed by atoms with Gasteiger partial charge in [-0.15, -0.1) is 0 Å². The van der Waals surface area contributed by atoms with E-state index in [-0.39, 0.29) is 17.9 Å². The van der Waals surface area contributed by atoms with Crippen molar-refractivity contribution in [1.82, 2.24) is 0 Å². The van der Waals surface area contributed by atoms with E-state index < -0.39 is 17.5 Å². The largest absolute Gasteiger partial charge is 0.496 e. The van der Waals surface area contributed by atoms with Gasteiger partial charge in [0.1, 0.15) is 29.7 Å². The third-order valence-electron chi connectivity index (χ3n) is 3.94. The van der Waals surface area contributed by atoms with Gasteiger partial charge in [0.15, 0.2) is 0 Å². The van der Waals surface area contributed by atoms with Crippen molar-refractivity contribution >= 4 is 23.2 Å². The highest BCUT2D eigenvalue weighted by molar-refractivity contribution is 6.32. The summed E-state index contributed by atoms with van der Waals surface area (Å²) < 4.78 is 37.8. The van der Waals surface area contributed by atoms with E-state index in [1.165, 1.54) is 13.2 Å². The van der Waals surface area contributed by atoms with Crippen LogP contribution in [0.1, 0.15) is 15.9 Å². The lowest BCUT2D eigenvalue weighted by Gasteiger charge is -2.13. The van der Waals surface area contributed by atoms with Crippen molar-refractivity contribution in [3.63, 3.8) is 0 Å². The van der Waals surface area contributed by atoms with E-state index in [1.807, 2.05) is 0 Å². The van der Waals surface area contributed by atoms with Crippen molar-refractivity contribution < 1.29 is 23.0 Å². The fourth-order valence-electron chi connectivity index (χ4n) is 2.54. The lowest BCUT2D eigenvalue weighted by atomic mass is 10.1. The zero-order chi connectivity index (χ0) is 20.1. The van der Waals surface area contributed by atoms with Crippen LogP contribution in [0.3, 0.4) is 0 Å². The van der Waals surface area contributed by atoms with Crippen molar-refractivity contribution in [2.24, 2.45) is 0 Å². The van der Waals surface area contributed by atoms with Crippen LogP contribution in [0.2, 0.25) is 5.02 Å². The standard InChI is InChI=1S/C21H16ClF2NO3/c1-27-19-9-6-13(21(26)25-18-8-7-15(23)11-17(18)24)10-14(19)12-28-20-5-3-2-4-16(20)22/h2-11H,12H2,1H3,(H,25,26). The first-order valence-corrected chi connectivity index (χ1v) is 8.66. The van der Waals surface area contributed by atoms with Crippen molar-refractivity contribution in [3.8, 4) is 11.5 Å². The molecule has 4 nitrogen and oxygen atoms in total. The van der Waals surface area contributed by atoms with Crippen LogP contribution >= 0.6 is 11.6 Å². The Labute approximate surface area is 165 Å². The highest BCUT2D eigenvalue weighted by Crippen LogP contribution is 2.27. The molecule has 0 heterocycles. The molecule has 0 aliphatic heterocycles. The number of ether oxygens (including phenoxy) is 2. The number of benzene rings is 3. The number of para-hydroxylation sites is 1. The minimum absolute atomic E-state index is 0.110. The summed E-state index contributed by atoms with van der Waals surface area (Å²) in [6.07, 6.45) is 0. The Morgan fingerprint density at radius 3 is 2.54 bits per heavy atom. The van der Waals surface area contributed by atoms with E-state index in [0.29, 0.717) is 28.2 Å². The Bertz CT molecular complexity index is 1010. The molecule has 3 aromatic rings. The Balaban J connectivity index is 1.79. The third-order valence-corrected chi connectivity index (χ3v) is 4.25. The summed E-state index contributed by atoms with van der Waals surface area (Å²) in [6.45, 7) is 0.110. The summed E-state index contributed by atoms with van der Waals surface area (Å²) >= 11 is 6.08. The number of hydrogen-bond acceptors (Lipinski definition) is 3. The molecule has 0 saturated carbocycles. The number of halogens is 3. The number of nitrogens with one attached hydrogen (secondary N) is 1. The van der Waals surface area contributed by atoms with Crippen molar-refractivity contribution in [1.29, 1.82) is 0 Å². The van der Waals surface area contributed by atoms with Crippen LogP contribution in [0.5, 0.6) is 11.5 Å². The zero-order valence-electron chi connectivity index (χ0n) is 14.8. The minimum atomic E-state index is -0.857. The maximum Gasteiger partial charge on any atom is 0.255 e. The van der Waals surface area contributed by atoms with E-state index in [4.69, 9.17) is 21.1 Å². The van der Waals surface area contributed by atoms with Crippen molar-refractivity contribution in [3.05, 3.63) is 88.4 Å². The Morgan fingerprint density at radius 1 is 1.04 bits per heavy atom. The number of carbonyl (C=O) groups is 1. The molecule has 0 radical (unpaired) electrons. The molecule has 144 valence electrons. The van der Waals surface area contributed by atoms with Gasteiger partial charge in [0.2, 0.25) is 0 Å². The summed E-state index contributed by atoms with van der Waals surface area (Å²) in [5, 5.41) is 2.88. The normalized spacial score (nSPS) is 10.4. The fourth-order valence-corrected chi connectivity index (χ4v) is 2.73. The number of hydrogen-bond donors (Lipinski definition) is 1. The molecule has 1 amide bonds. The summed E-state index contributed by atoms with van der Waals surface area (Å²) in [7, 11) is 1.50. The van der Waals surface area contributed by atoms with E-state index in [0.717, 1.165) is 12.1 Å². The lowest BCUT2D eigenvalue weighted by molar-refractivity contribution is 0.102. The molecular weight excluding hydrogens is 388 g/mol. The number of carbonyl (C=O) groups excluding carboxylic acids is 1. The van der Waals surface area contributed by atoms with Gasteiger partial charge in [-0.3, -0.25) is 4.79 Å². The van der Waals surface area contributed by atoms with Gasteiger partial charge in [-0.05, 0) is 42.5 Å². The van der Waals surface area contributed by atoms with Gasteiger partial charge in [-0.25, -0.2) is 8.78 Å². The Hall–Kier alpha value is -3.12.